The predicted molar refractivity (Wildman–Crippen MR) is 97.3 cm³/mol. The molecule has 1 amide bonds. The maximum Gasteiger partial charge on any atom is 0.252 e. The van der Waals surface area contributed by atoms with E-state index in [2.05, 4.69) is 27.4 Å². The molecule has 5 nitrogen and oxygen atoms in total. The third kappa shape index (κ3) is 6.91. The van der Waals surface area contributed by atoms with E-state index in [1.165, 1.54) is 0 Å². The topological polar surface area (TPSA) is 56.7 Å². The van der Waals surface area contributed by atoms with Crippen molar-refractivity contribution < 1.29 is 4.79 Å². The van der Waals surface area contributed by atoms with Gasteiger partial charge in [0.1, 0.15) is 0 Å². The molecular weight excluding hydrogens is 312 g/mol. The number of carbonyl (C=O) groups is 1. The summed E-state index contributed by atoms with van der Waals surface area (Å²) in [6, 6.07) is 7.02. The molecule has 1 aromatic carbocycles. The Morgan fingerprint density at radius 1 is 1.26 bits per heavy atom. The molecule has 23 heavy (non-hydrogen) atoms. The number of nitrogens with one attached hydrogen (secondary N) is 2. The summed E-state index contributed by atoms with van der Waals surface area (Å²) in [5.41, 5.74) is 0.491. The van der Waals surface area contributed by atoms with Crippen molar-refractivity contribution in [3.63, 3.8) is 0 Å². The number of hydrogen-bond acceptors (Lipinski definition) is 2. The lowest BCUT2D eigenvalue weighted by Crippen LogP contribution is -2.40. The molecule has 128 valence electrons. The fraction of sp³-hybridized carbons (Fsp3) is 0.529. The quantitative estimate of drug-likeness (QED) is 0.435. The smallest absolute Gasteiger partial charge is 0.252 e. The van der Waals surface area contributed by atoms with Gasteiger partial charge in [-0.15, -0.1) is 0 Å². The van der Waals surface area contributed by atoms with Gasteiger partial charge in [0.25, 0.3) is 5.91 Å². The summed E-state index contributed by atoms with van der Waals surface area (Å²) < 4.78 is 0. The van der Waals surface area contributed by atoms with Crippen LogP contribution in [0.4, 0.5) is 0 Å². The Labute approximate surface area is 144 Å². The number of amides is 1. The van der Waals surface area contributed by atoms with Gasteiger partial charge < -0.3 is 15.5 Å². The monoisotopic (exact) mass is 338 g/mol. The highest BCUT2D eigenvalue weighted by molar-refractivity contribution is 6.33. The molecule has 0 unspecified atom stereocenters. The zero-order chi connectivity index (χ0) is 17.1. The van der Waals surface area contributed by atoms with Crippen molar-refractivity contribution >= 4 is 23.5 Å². The van der Waals surface area contributed by atoms with Gasteiger partial charge in [0.05, 0.1) is 17.1 Å². The normalized spacial score (nSPS) is 11.2. The third-order valence-corrected chi connectivity index (χ3v) is 3.65. The van der Waals surface area contributed by atoms with Crippen LogP contribution in [0.1, 0.15) is 37.0 Å². The number of halogens is 1. The van der Waals surface area contributed by atoms with Crippen molar-refractivity contribution in [3.8, 4) is 0 Å². The number of benzene rings is 1. The highest BCUT2D eigenvalue weighted by Gasteiger charge is 2.08. The van der Waals surface area contributed by atoms with Gasteiger partial charge in [0.15, 0.2) is 5.96 Å². The van der Waals surface area contributed by atoms with Gasteiger partial charge in [-0.25, -0.2) is 0 Å². The lowest BCUT2D eigenvalue weighted by molar-refractivity contribution is 0.0955. The van der Waals surface area contributed by atoms with Crippen LogP contribution in [0.25, 0.3) is 0 Å². The second-order valence-corrected chi connectivity index (χ2v) is 5.65. The van der Waals surface area contributed by atoms with Crippen molar-refractivity contribution in [2.75, 3.05) is 33.2 Å². The summed E-state index contributed by atoms with van der Waals surface area (Å²) in [4.78, 5) is 18.7. The maximum absolute atomic E-state index is 12.0. The molecule has 0 aliphatic carbocycles. The predicted octanol–water partition coefficient (Wildman–Crippen LogP) is 2.77. The molecule has 0 saturated carbocycles. The average molecular weight is 339 g/mol. The molecule has 1 aromatic rings. The molecule has 0 fully saturated rings. The van der Waals surface area contributed by atoms with Crippen LogP contribution >= 0.6 is 11.6 Å². The van der Waals surface area contributed by atoms with Crippen LogP contribution in [-0.4, -0.2) is 50.0 Å². The van der Waals surface area contributed by atoms with Crippen LogP contribution in [0.3, 0.4) is 0 Å². The van der Waals surface area contributed by atoms with E-state index in [0.29, 0.717) is 23.7 Å². The van der Waals surface area contributed by atoms with Gasteiger partial charge in [-0.3, -0.25) is 9.79 Å². The van der Waals surface area contributed by atoms with Gasteiger partial charge in [-0.05, 0) is 25.5 Å². The summed E-state index contributed by atoms with van der Waals surface area (Å²) in [5, 5.41) is 6.56. The van der Waals surface area contributed by atoms with Gasteiger partial charge in [0, 0.05) is 26.7 Å². The minimum Gasteiger partial charge on any atom is -0.357 e. The maximum atomic E-state index is 12.0. The van der Waals surface area contributed by atoms with E-state index in [4.69, 9.17) is 11.6 Å². The molecule has 0 radical (unpaired) electrons. The van der Waals surface area contributed by atoms with Gasteiger partial charge >= 0.3 is 0 Å². The molecule has 6 heteroatoms. The van der Waals surface area contributed by atoms with E-state index in [9.17, 15) is 4.79 Å². The summed E-state index contributed by atoms with van der Waals surface area (Å²) in [6.45, 7) is 7.00. The molecule has 1 rings (SSSR count). The Morgan fingerprint density at radius 2 is 2.00 bits per heavy atom. The van der Waals surface area contributed by atoms with Crippen LogP contribution < -0.4 is 10.6 Å². The lowest BCUT2D eigenvalue weighted by Gasteiger charge is -2.21. The Balaban J connectivity index is 2.48. The molecule has 0 heterocycles. The van der Waals surface area contributed by atoms with E-state index >= 15 is 0 Å². The molecule has 0 spiro atoms. The average Bonchev–Trinajstić information content (AvgIpc) is 2.55. The highest BCUT2D eigenvalue weighted by atomic mass is 35.5. The van der Waals surface area contributed by atoms with Crippen molar-refractivity contribution in [2.24, 2.45) is 4.99 Å². The Bertz CT molecular complexity index is 519. The van der Waals surface area contributed by atoms with E-state index < -0.39 is 0 Å². The van der Waals surface area contributed by atoms with E-state index in [-0.39, 0.29) is 5.91 Å². The first-order valence-electron chi connectivity index (χ1n) is 8.12. The standard InChI is InChI=1S/C17H27ClN4O/c1-4-6-13-22(3)17(19-5-2)21-12-11-20-16(23)14-9-7-8-10-15(14)18/h7-10H,4-6,11-13H2,1-3H3,(H,19,21)(H,20,23). The van der Waals surface area contributed by atoms with Crippen molar-refractivity contribution in [1.82, 2.24) is 15.5 Å². The van der Waals surface area contributed by atoms with Gasteiger partial charge in [-0.2, -0.15) is 0 Å². The second-order valence-electron chi connectivity index (χ2n) is 5.25. The van der Waals surface area contributed by atoms with Crippen LogP contribution in [0.5, 0.6) is 0 Å². The molecule has 0 aliphatic heterocycles. The number of nitrogens with zero attached hydrogens (tertiary/aromatic N) is 2. The van der Waals surface area contributed by atoms with Crippen molar-refractivity contribution in [2.45, 2.75) is 26.7 Å². The van der Waals surface area contributed by atoms with Gasteiger partial charge in [0.2, 0.25) is 0 Å². The summed E-state index contributed by atoms with van der Waals surface area (Å²) in [6.07, 6.45) is 2.28. The fourth-order valence-electron chi connectivity index (χ4n) is 2.04. The van der Waals surface area contributed by atoms with Gasteiger partial charge in [-0.1, -0.05) is 37.1 Å². The van der Waals surface area contributed by atoms with E-state index in [1.807, 2.05) is 14.0 Å². The number of guanidine groups is 1. The lowest BCUT2D eigenvalue weighted by atomic mass is 10.2. The number of rotatable bonds is 8. The zero-order valence-electron chi connectivity index (χ0n) is 14.2. The fourth-order valence-corrected chi connectivity index (χ4v) is 2.26. The zero-order valence-corrected chi connectivity index (χ0v) is 15.0. The summed E-state index contributed by atoms with van der Waals surface area (Å²) >= 11 is 6.01. The van der Waals surface area contributed by atoms with Crippen molar-refractivity contribution in [3.05, 3.63) is 34.9 Å². The first kappa shape index (κ1) is 19.3. The van der Waals surface area contributed by atoms with Crippen LogP contribution in [0.15, 0.2) is 29.3 Å². The minimum absolute atomic E-state index is 0.171. The molecule has 0 aliphatic rings. The van der Waals surface area contributed by atoms with Crippen molar-refractivity contribution in [1.29, 1.82) is 0 Å². The molecule has 0 atom stereocenters. The summed E-state index contributed by atoms with van der Waals surface area (Å²) in [7, 11) is 2.03. The number of unbranched alkanes of at least 4 members (excludes halogenated alkanes) is 1. The van der Waals surface area contributed by atoms with E-state index in [0.717, 1.165) is 31.9 Å². The minimum atomic E-state index is -0.171. The third-order valence-electron chi connectivity index (χ3n) is 3.32. The number of carbonyl (C=O) groups excluding carboxylic acids is 1. The van der Waals surface area contributed by atoms with Crippen LogP contribution in [0.2, 0.25) is 5.02 Å². The molecule has 0 saturated heterocycles. The SMILES string of the molecule is CCCCN(C)C(=NCCNC(=O)c1ccccc1Cl)NCC. The van der Waals surface area contributed by atoms with Crippen LogP contribution in [-0.2, 0) is 0 Å². The van der Waals surface area contributed by atoms with Crippen LogP contribution in [0, 0.1) is 0 Å². The first-order chi connectivity index (χ1) is 11.1. The van der Waals surface area contributed by atoms with E-state index in [1.54, 1.807) is 24.3 Å². The largest absolute Gasteiger partial charge is 0.357 e. The Morgan fingerprint density at radius 3 is 2.65 bits per heavy atom. The molecular formula is C17H27ClN4O. The summed E-state index contributed by atoms with van der Waals surface area (Å²) in [5.74, 6) is 0.697. The molecule has 2 N–H and O–H groups in total. The second kappa shape index (κ2) is 10.9. The number of aliphatic imine (C=N–C) groups is 1. The Kier molecular flexibility index (Phi) is 9.14. The molecule has 0 bridgehead atoms. The molecule has 0 aromatic heterocycles. The first-order valence-corrected chi connectivity index (χ1v) is 8.50. The highest BCUT2D eigenvalue weighted by Crippen LogP contribution is 2.14. The Hall–Kier alpha value is -1.75. The number of hydrogen-bond donors (Lipinski definition) is 2.